The summed E-state index contributed by atoms with van der Waals surface area (Å²) in [6.45, 7) is 0. The summed E-state index contributed by atoms with van der Waals surface area (Å²) < 4.78 is 16.3. The number of pyridine rings is 1. The van der Waals surface area contributed by atoms with E-state index in [4.69, 9.17) is 37.4 Å². The molecule has 0 aliphatic heterocycles. The van der Waals surface area contributed by atoms with Gasteiger partial charge in [-0.2, -0.15) is 0 Å². The molecule has 29 heavy (non-hydrogen) atoms. The maximum absolute atomic E-state index is 12.7. The number of hydrogen-bond acceptors (Lipinski definition) is 5. The molecule has 0 atom stereocenters. The maximum Gasteiger partial charge on any atom is 0.343 e. The molecule has 5 nitrogen and oxygen atoms in total. The van der Waals surface area contributed by atoms with E-state index < -0.39 is 5.97 Å². The van der Waals surface area contributed by atoms with Crippen LogP contribution in [0.3, 0.4) is 0 Å². The van der Waals surface area contributed by atoms with Gasteiger partial charge in [-0.25, -0.2) is 4.79 Å². The minimum atomic E-state index is -0.520. The Balaban J connectivity index is 2.09. The second-order valence-corrected chi connectivity index (χ2v) is 6.67. The normalized spacial score (nSPS) is 11.1. The molecule has 0 spiro atoms. The number of benzene rings is 2. The van der Waals surface area contributed by atoms with Crippen molar-refractivity contribution in [3.05, 3.63) is 87.7 Å². The van der Waals surface area contributed by atoms with Gasteiger partial charge in [-0.1, -0.05) is 41.4 Å². The highest BCUT2D eigenvalue weighted by Crippen LogP contribution is 2.34. The standard InChI is InChI=1S/C22H17Cl2NO4/c1-27-19-9-8-15(10-21(19)28-2)20(11-16-17(23)12-25-13-18(16)24)29-22(26)14-6-4-3-5-7-14/h3-13H,1-2H3. The van der Waals surface area contributed by atoms with Crippen molar-refractivity contribution in [1.29, 1.82) is 0 Å². The molecule has 0 aliphatic rings. The van der Waals surface area contributed by atoms with E-state index in [9.17, 15) is 4.79 Å². The van der Waals surface area contributed by atoms with Crippen molar-refractivity contribution in [3.8, 4) is 11.5 Å². The molecule has 0 amide bonds. The third-order valence-electron chi connectivity index (χ3n) is 4.05. The highest BCUT2D eigenvalue weighted by molar-refractivity contribution is 6.37. The Morgan fingerprint density at radius 2 is 1.55 bits per heavy atom. The van der Waals surface area contributed by atoms with E-state index in [0.717, 1.165) is 0 Å². The zero-order valence-electron chi connectivity index (χ0n) is 15.7. The minimum Gasteiger partial charge on any atom is -0.493 e. The number of esters is 1. The first-order valence-electron chi connectivity index (χ1n) is 8.53. The van der Waals surface area contributed by atoms with Crippen LogP contribution in [0.4, 0.5) is 0 Å². The summed E-state index contributed by atoms with van der Waals surface area (Å²) in [4.78, 5) is 16.6. The summed E-state index contributed by atoms with van der Waals surface area (Å²) in [5.41, 5.74) is 1.47. The molecule has 0 aliphatic carbocycles. The van der Waals surface area contributed by atoms with Crippen LogP contribution in [0, 0.1) is 0 Å². The average Bonchev–Trinajstić information content (AvgIpc) is 2.75. The van der Waals surface area contributed by atoms with Crippen LogP contribution in [0.1, 0.15) is 21.5 Å². The molecular formula is C22H17Cl2NO4. The smallest absolute Gasteiger partial charge is 0.343 e. The molecule has 0 saturated carbocycles. The molecule has 0 radical (unpaired) electrons. The minimum absolute atomic E-state index is 0.245. The van der Waals surface area contributed by atoms with Gasteiger partial charge in [-0.15, -0.1) is 0 Å². The Hall–Kier alpha value is -3.02. The van der Waals surface area contributed by atoms with Crippen molar-refractivity contribution >= 4 is 41.0 Å². The Morgan fingerprint density at radius 3 is 2.17 bits per heavy atom. The van der Waals surface area contributed by atoms with Gasteiger partial charge in [-0.3, -0.25) is 4.98 Å². The third kappa shape index (κ3) is 4.88. The Labute approximate surface area is 178 Å². The van der Waals surface area contributed by atoms with Crippen LogP contribution in [0.15, 0.2) is 60.9 Å². The molecule has 1 aromatic heterocycles. The lowest BCUT2D eigenvalue weighted by Crippen LogP contribution is -2.05. The van der Waals surface area contributed by atoms with Crippen LogP contribution < -0.4 is 9.47 Å². The molecule has 0 saturated heterocycles. The molecule has 3 aromatic rings. The summed E-state index contributed by atoms with van der Waals surface area (Å²) in [6.07, 6.45) is 4.52. The van der Waals surface area contributed by atoms with Crippen LogP contribution >= 0.6 is 23.2 Å². The first-order valence-corrected chi connectivity index (χ1v) is 9.29. The van der Waals surface area contributed by atoms with Crippen molar-refractivity contribution in [2.45, 2.75) is 0 Å². The monoisotopic (exact) mass is 429 g/mol. The van der Waals surface area contributed by atoms with Gasteiger partial charge in [0.15, 0.2) is 11.5 Å². The number of hydrogen-bond donors (Lipinski definition) is 0. The first kappa shape index (κ1) is 20.7. The lowest BCUT2D eigenvalue weighted by molar-refractivity contribution is 0.0693. The van der Waals surface area contributed by atoms with Crippen molar-refractivity contribution in [1.82, 2.24) is 4.98 Å². The number of rotatable bonds is 6. The van der Waals surface area contributed by atoms with E-state index in [0.29, 0.717) is 38.2 Å². The van der Waals surface area contributed by atoms with Crippen LogP contribution in [0.2, 0.25) is 10.0 Å². The maximum atomic E-state index is 12.7. The fraction of sp³-hybridized carbons (Fsp3) is 0.0909. The summed E-state index contributed by atoms with van der Waals surface area (Å²) in [7, 11) is 3.07. The van der Waals surface area contributed by atoms with Gasteiger partial charge in [0, 0.05) is 23.5 Å². The summed E-state index contributed by atoms with van der Waals surface area (Å²) in [6, 6.07) is 13.8. The number of carbonyl (C=O) groups is 1. The fourth-order valence-electron chi connectivity index (χ4n) is 2.58. The van der Waals surface area contributed by atoms with Gasteiger partial charge in [0.25, 0.3) is 0 Å². The van der Waals surface area contributed by atoms with Crippen molar-refractivity contribution < 1.29 is 19.0 Å². The highest BCUT2D eigenvalue weighted by atomic mass is 35.5. The van der Waals surface area contributed by atoms with Crippen molar-refractivity contribution in [3.63, 3.8) is 0 Å². The molecular weight excluding hydrogens is 413 g/mol. The largest absolute Gasteiger partial charge is 0.493 e. The average molecular weight is 430 g/mol. The van der Waals surface area contributed by atoms with Crippen LogP contribution in [-0.4, -0.2) is 25.2 Å². The van der Waals surface area contributed by atoms with E-state index in [-0.39, 0.29) is 5.76 Å². The molecule has 7 heteroatoms. The summed E-state index contributed by atoms with van der Waals surface area (Å²) >= 11 is 12.5. The van der Waals surface area contributed by atoms with Crippen molar-refractivity contribution in [2.24, 2.45) is 0 Å². The number of aromatic nitrogens is 1. The van der Waals surface area contributed by atoms with Gasteiger partial charge in [0.2, 0.25) is 0 Å². The van der Waals surface area contributed by atoms with Gasteiger partial charge in [-0.05, 0) is 36.4 Å². The number of halogens is 2. The predicted octanol–water partition coefficient (Wildman–Crippen LogP) is 5.76. The molecule has 0 bridgehead atoms. The Morgan fingerprint density at radius 1 is 0.897 bits per heavy atom. The first-order chi connectivity index (χ1) is 14.0. The van der Waals surface area contributed by atoms with E-state index >= 15 is 0 Å². The van der Waals surface area contributed by atoms with Gasteiger partial charge < -0.3 is 14.2 Å². The topological polar surface area (TPSA) is 57.7 Å². The van der Waals surface area contributed by atoms with Gasteiger partial charge in [0.1, 0.15) is 5.76 Å². The van der Waals surface area contributed by atoms with Crippen molar-refractivity contribution in [2.75, 3.05) is 14.2 Å². The van der Waals surface area contributed by atoms with E-state index in [1.807, 2.05) is 6.07 Å². The Bertz CT molecular complexity index is 1030. The Kier molecular flexibility index (Phi) is 6.75. The van der Waals surface area contributed by atoms with Gasteiger partial charge >= 0.3 is 5.97 Å². The second-order valence-electron chi connectivity index (χ2n) is 5.85. The number of carbonyl (C=O) groups excluding carboxylic acids is 1. The number of methoxy groups -OCH3 is 2. The molecule has 0 unspecified atom stereocenters. The van der Waals surface area contributed by atoms with E-state index in [2.05, 4.69) is 4.98 Å². The van der Waals surface area contributed by atoms with Crippen LogP contribution in [-0.2, 0) is 4.74 Å². The quantitative estimate of drug-likeness (QED) is 0.368. The van der Waals surface area contributed by atoms with E-state index in [1.165, 1.54) is 19.5 Å². The summed E-state index contributed by atoms with van der Waals surface area (Å²) in [5.74, 6) is 0.756. The van der Waals surface area contributed by atoms with Gasteiger partial charge in [0.05, 0.1) is 29.8 Å². The molecule has 3 rings (SSSR count). The van der Waals surface area contributed by atoms with E-state index in [1.54, 1.807) is 55.7 Å². The lowest BCUT2D eigenvalue weighted by atomic mass is 10.1. The zero-order valence-corrected chi connectivity index (χ0v) is 17.2. The number of ether oxygens (including phenoxy) is 3. The molecule has 0 fully saturated rings. The molecule has 148 valence electrons. The molecule has 2 aromatic carbocycles. The highest BCUT2D eigenvalue weighted by Gasteiger charge is 2.16. The predicted molar refractivity (Wildman–Crippen MR) is 114 cm³/mol. The number of nitrogens with zero attached hydrogens (tertiary/aromatic N) is 1. The molecule has 1 heterocycles. The van der Waals surface area contributed by atoms with Crippen LogP contribution in [0.25, 0.3) is 11.8 Å². The second kappa shape index (κ2) is 9.45. The van der Waals surface area contributed by atoms with Crippen LogP contribution in [0.5, 0.6) is 11.5 Å². The third-order valence-corrected chi connectivity index (χ3v) is 4.65. The molecule has 0 N–H and O–H groups in total. The summed E-state index contributed by atoms with van der Waals surface area (Å²) in [5, 5.41) is 0.650. The SMILES string of the molecule is COc1ccc(C(=Cc2c(Cl)cncc2Cl)OC(=O)c2ccccc2)cc1OC. The lowest BCUT2D eigenvalue weighted by Gasteiger charge is -2.13. The fourth-order valence-corrected chi connectivity index (χ4v) is 3.06. The zero-order chi connectivity index (χ0) is 20.8.